The van der Waals surface area contributed by atoms with Gasteiger partial charge in [0.25, 0.3) is 0 Å². The second-order valence-electron chi connectivity index (χ2n) is 6.26. The molecule has 0 aliphatic rings. The number of benzene rings is 3. The highest BCUT2D eigenvalue weighted by Crippen LogP contribution is 2.24. The van der Waals surface area contributed by atoms with Crippen molar-refractivity contribution in [3.8, 4) is 5.75 Å². The lowest BCUT2D eigenvalue weighted by Gasteiger charge is -2.11. The molecule has 0 bridgehead atoms. The molecule has 4 nitrogen and oxygen atoms in total. The number of methoxy groups -OCH3 is 1. The Hall–Kier alpha value is -2.96. The van der Waals surface area contributed by atoms with Gasteiger partial charge < -0.3 is 15.4 Å². The molecule has 0 saturated carbocycles. The van der Waals surface area contributed by atoms with Crippen LogP contribution in [0.1, 0.15) is 10.6 Å². The summed E-state index contributed by atoms with van der Waals surface area (Å²) in [5.41, 5.74) is 4.14. The molecule has 0 radical (unpaired) electrons. The summed E-state index contributed by atoms with van der Waals surface area (Å²) >= 11 is 7.14. The summed E-state index contributed by atoms with van der Waals surface area (Å²) in [7, 11) is 1.65. The average molecular weight is 406 g/mol. The molecule has 3 aromatic carbocycles. The molecule has 0 unspecified atom stereocenters. The fourth-order valence-corrected chi connectivity index (χ4v) is 4.08. The quantitative estimate of drug-likeness (QED) is 0.417. The molecule has 0 spiro atoms. The molecule has 4 aromatic rings. The molecule has 4 rings (SSSR count). The molecule has 0 amide bonds. The van der Waals surface area contributed by atoms with Crippen LogP contribution < -0.4 is 15.4 Å². The van der Waals surface area contributed by atoms with Crippen LogP contribution in [0.15, 0.2) is 72.8 Å². The maximum atomic E-state index is 5.39. The number of thiocarbonyl (C=S) groups is 1. The molecular formula is C22H19N3OS2. The van der Waals surface area contributed by atoms with Gasteiger partial charge in [-0.15, -0.1) is 11.3 Å². The number of ether oxygens (including phenoxy) is 1. The number of rotatable bonds is 5. The molecule has 2 N–H and O–H groups in total. The van der Waals surface area contributed by atoms with Crippen molar-refractivity contribution in [3.63, 3.8) is 0 Å². The summed E-state index contributed by atoms with van der Waals surface area (Å²) in [5, 5.41) is 8.04. The van der Waals surface area contributed by atoms with Gasteiger partial charge in [0, 0.05) is 17.8 Å². The molecule has 0 fully saturated rings. The minimum absolute atomic E-state index is 0.545. The summed E-state index contributed by atoms with van der Waals surface area (Å²) in [6, 6.07) is 24.1. The number of para-hydroxylation sites is 1. The maximum absolute atomic E-state index is 5.39. The number of hydrogen-bond acceptors (Lipinski definition) is 4. The summed E-state index contributed by atoms with van der Waals surface area (Å²) in [4.78, 5) is 4.70. The van der Waals surface area contributed by atoms with Crippen molar-refractivity contribution >= 4 is 50.3 Å². The molecule has 28 heavy (non-hydrogen) atoms. The van der Waals surface area contributed by atoms with Gasteiger partial charge in [0.2, 0.25) is 0 Å². The van der Waals surface area contributed by atoms with Gasteiger partial charge in [-0.2, -0.15) is 0 Å². The Kier molecular flexibility index (Phi) is 5.50. The molecule has 0 atom stereocenters. The Balaban J connectivity index is 1.36. The van der Waals surface area contributed by atoms with Crippen LogP contribution in [-0.2, 0) is 6.42 Å². The molecule has 1 aromatic heterocycles. The largest absolute Gasteiger partial charge is 0.497 e. The second-order valence-corrected chi connectivity index (χ2v) is 7.78. The lowest BCUT2D eigenvalue weighted by Crippen LogP contribution is -2.18. The molecule has 1 heterocycles. The van der Waals surface area contributed by atoms with E-state index in [4.69, 9.17) is 21.9 Å². The lowest BCUT2D eigenvalue weighted by atomic mass is 10.1. The Morgan fingerprint density at radius 3 is 2.21 bits per heavy atom. The standard InChI is InChI=1S/C22H19N3OS2/c1-26-18-12-10-17(11-13-18)24-22(27)23-16-8-6-15(7-9-16)14-21-25-19-4-2-3-5-20(19)28-21/h2-13H,14H2,1H3,(H2,23,24,27). The van der Waals surface area contributed by atoms with E-state index in [0.29, 0.717) is 5.11 Å². The zero-order valence-corrected chi connectivity index (χ0v) is 16.9. The number of fused-ring (bicyclic) bond motifs is 1. The zero-order chi connectivity index (χ0) is 19.3. The van der Waals surface area contributed by atoms with Crippen LogP contribution >= 0.6 is 23.6 Å². The zero-order valence-electron chi connectivity index (χ0n) is 15.3. The van der Waals surface area contributed by atoms with Gasteiger partial charge in [-0.3, -0.25) is 0 Å². The van der Waals surface area contributed by atoms with Crippen molar-refractivity contribution in [2.24, 2.45) is 0 Å². The fourth-order valence-electron chi connectivity index (χ4n) is 2.84. The highest BCUT2D eigenvalue weighted by molar-refractivity contribution is 7.80. The monoisotopic (exact) mass is 405 g/mol. The van der Waals surface area contributed by atoms with E-state index in [1.54, 1.807) is 18.4 Å². The Morgan fingerprint density at radius 1 is 0.929 bits per heavy atom. The van der Waals surface area contributed by atoms with E-state index in [0.717, 1.165) is 34.1 Å². The minimum Gasteiger partial charge on any atom is -0.497 e. The number of aromatic nitrogens is 1. The van der Waals surface area contributed by atoms with Crippen LogP contribution in [-0.4, -0.2) is 17.2 Å². The minimum atomic E-state index is 0.545. The van der Waals surface area contributed by atoms with Crippen LogP contribution in [0.2, 0.25) is 0 Å². The SMILES string of the molecule is COc1ccc(NC(=S)Nc2ccc(Cc3nc4ccccc4s3)cc2)cc1. The van der Waals surface area contributed by atoms with E-state index in [2.05, 4.69) is 34.9 Å². The van der Waals surface area contributed by atoms with Crippen molar-refractivity contribution in [1.29, 1.82) is 0 Å². The summed E-state index contributed by atoms with van der Waals surface area (Å²) in [6.07, 6.45) is 0.828. The molecule has 0 aliphatic carbocycles. The summed E-state index contributed by atoms with van der Waals surface area (Å²) in [5.74, 6) is 0.813. The third kappa shape index (κ3) is 4.47. The van der Waals surface area contributed by atoms with E-state index in [-0.39, 0.29) is 0 Å². The average Bonchev–Trinajstić information content (AvgIpc) is 3.12. The number of nitrogens with zero attached hydrogens (tertiary/aromatic N) is 1. The van der Waals surface area contributed by atoms with Crippen LogP contribution in [0.3, 0.4) is 0 Å². The topological polar surface area (TPSA) is 46.2 Å². The predicted octanol–water partition coefficient (Wildman–Crippen LogP) is 5.70. The van der Waals surface area contributed by atoms with Crippen LogP contribution in [0, 0.1) is 0 Å². The van der Waals surface area contributed by atoms with Gasteiger partial charge in [0.15, 0.2) is 5.11 Å². The molecule has 0 aliphatic heterocycles. The van der Waals surface area contributed by atoms with E-state index in [1.807, 2.05) is 48.5 Å². The van der Waals surface area contributed by atoms with Crippen molar-refractivity contribution < 1.29 is 4.74 Å². The van der Waals surface area contributed by atoms with Gasteiger partial charge in [0.1, 0.15) is 5.75 Å². The predicted molar refractivity (Wildman–Crippen MR) is 122 cm³/mol. The molecule has 0 saturated heterocycles. The third-order valence-electron chi connectivity index (χ3n) is 4.25. The van der Waals surface area contributed by atoms with E-state index in [9.17, 15) is 0 Å². The number of hydrogen-bond donors (Lipinski definition) is 2. The normalized spacial score (nSPS) is 10.6. The van der Waals surface area contributed by atoms with Gasteiger partial charge in [0.05, 0.1) is 22.3 Å². The number of thiazole rings is 1. The Bertz CT molecular complexity index is 1060. The van der Waals surface area contributed by atoms with E-state index >= 15 is 0 Å². The van der Waals surface area contributed by atoms with Crippen molar-refractivity contribution in [3.05, 3.63) is 83.4 Å². The molecule has 6 heteroatoms. The van der Waals surface area contributed by atoms with E-state index < -0.39 is 0 Å². The van der Waals surface area contributed by atoms with Crippen LogP contribution in [0.5, 0.6) is 5.75 Å². The first-order valence-corrected chi connectivity index (χ1v) is 10.1. The van der Waals surface area contributed by atoms with Crippen LogP contribution in [0.4, 0.5) is 11.4 Å². The smallest absolute Gasteiger partial charge is 0.175 e. The van der Waals surface area contributed by atoms with Gasteiger partial charge >= 0.3 is 0 Å². The second kappa shape index (κ2) is 8.37. The first kappa shape index (κ1) is 18.4. The van der Waals surface area contributed by atoms with Crippen LogP contribution in [0.25, 0.3) is 10.2 Å². The molecule has 140 valence electrons. The first-order valence-electron chi connectivity index (χ1n) is 8.85. The fraction of sp³-hybridized carbons (Fsp3) is 0.0909. The lowest BCUT2D eigenvalue weighted by molar-refractivity contribution is 0.415. The molecular weight excluding hydrogens is 386 g/mol. The number of anilines is 2. The highest BCUT2D eigenvalue weighted by Gasteiger charge is 2.05. The van der Waals surface area contributed by atoms with E-state index in [1.165, 1.54) is 10.3 Å². The van der Waals surface area contributed by atoms with Crippen molar-refractivity contribution in [2.45, 2.75) is 6.42 Å². The number of nitrogens with one attached hydrogen (secondary N) is 2. The van der Waals surface area contributed by atoms with Gasteiger partial charge in [-0.1, -0.05) is 24.3 Å². The highest BCUT2D eigenvalue weighted by atomic mass is 32.1. The first-order chi connectivity index (χ1) is 13.7. The van der Waals surface area contributed by atoms with Crippen molar-refractivity contribution in [2.75, 3.05) is 17.7 Å². The summed E-state index contributed by atoms with van der Waals surface area (Å²) in [6.45, 7) is 0. The maximum Gasteiger partial charge on any atom is 0.175 e. The van der Waals surface area contributed by atoms with Gasteiger partial charge in [-0.05, 0) is 66.3 Å². The third-order valence-corrected chi connectivity index (χ3v) is 5.49. The van der Waals surface area contributed by atoms with Crippen molar-refractivity contribution in [1.82, 2.24) is 4.98 Å². The Labute approximate surface area is 173 Å². The van der Waals surface area contributed by atoms with Gasteiger partial charge in [-0.25, -0.2) is 4.98 Å². The Morgan fingerprint density at radius 2 is 1.57 bits per heavy atom. The summed E-state index contributed by atoms with van der Waals surface area (Å²) < 4.78 is 6.39.